The van der Waals surface area contributed by atoms with Crippen molar-refractivity contribution in [3.05, 3.63) is 29.8 Å². The van der Waals surface area contributed by atoms with Crippen molar-refractivity contribution in [1.29, 1.82) is 0 Å². The van der Waals surface area contributed by atoms with Gasteiger partial charge in [0.2, 0.25) is 11.8 Å². The first-order chi connectivity index (χ1) is 12.5. The Kier molecular flexibility index (Phi) is 9.77. The average Bonchev–Trinajstić information content (AvgIpc) is 2.67. The van der Waals surface area contributed by atoms with E-state index in [2.05, 4.69) is 15.4 Å². The number of amides is 2. The topological polar surface area (TPSA) is 120 Å². The predicted octanol–water partition coefficient (Wildman–Crippen LogP) is 0.633. The summed E-state index contributed by atoms with van der Waals surface area (Å²) in [6, 6.07) is 6.36. The SMILES string of the molecule is COC(=O)CNC(=O)Cc1ccc(NC(=O)C(N)C2CCOCC2)cc1.Cl. The van der Waals surface area contributed by atoms with E-state index < -0.39 is 12.0 Å². The number of carbonyl (C=O) groups is 3. The fourth-order valence-corrected chi connectivity index (χ4v) is 2.71. The van der Waals surface area contributed by atoms with Crippen molar-refractivity contribution >= 4 is 35.9 Å². The Hall–Kier alpha value is -2.16. The van der Waals surface area contributed by atoms with Crippen molar-refractivity contribution in [2.24, 2.45) is 11.7 Å². The molecule has 0 aromatic heterocycles. The van der Waals surface area contributed by atoms with Gasteiger partial charge in [0.25, 0.3) is 0 Å². The van der Waals surface area contributed by atoms with Gasteiger partial charge in [-0.1, -0.05) is 12.1 Å². The van der Waals surface area contributed by atoms with Crippen LogP contribution in [0.25, 0.3) is 0 Å². The van der Waals surface area contributed by atoms with E-state index in [9.17, 15) is 14.4 Å². The third kappa shape index (κ3) is 7.54. The van der Waals surface area contributed by atoms with Crippen LogP contribution in [0.15, 0.2) is 24.3 Å². The predicted molar refractivity (Wildman–Crippen MR) is 103 cm³/mol. The number of carbonyl (C=O) groups excluding carboxylic acids is 3. The van der Waals surface area contributed by atoms with Crippen LogP contribution < -0.4 is 16.4 Å². The minimum absolute atomic E-state index is 0. The summed E-state index contributed by atoms with van der Waals surface area (Å²) in [5.74, 6) is -0.881. The highest BCUT2D eigenvalue weighted by Gasteiger charge is 2.26. The summed E-state index contributed by atoms with van der Waals surface area (Å²) in [5.41, 5.74) is 7.43. The van der Waals surface area contributed by atoms with E-state index in [-0.39, 0.29) is 43.1 Å². The van der Waals surface area contributed by atoms with Crippen molar-refractivity contribution in [2.75, 3.05) is 32.2 Å². The standard InChI is InChI=1S/C18H25N3O5.ClH/c1-25-16(23)11-20-15(22)10-12-2-4-14(5-3-12)21-18(24)17(19)13-6-8-26-9-7-13;/h2-5,13,17H,6-11,19H2,1H3,(H,20,22)(H,21,24);1H. The Labute approximate surface area is 164 Å². The Morgan fingerprint density at radius 2 is 1.85 bits per heavy atom. The summed E-state index contributed by atoms with van der Waals surface area (Å²) >= 11 is 0. The summed E-state index contributed by atoms with van der Waals surface area (Å²) in [6.07, 6.45) is 1.70. The smallest absolute Gasteiger partial charge is 0.325 e. The lowest BCUT2D eigenvalue weighted by molar-refractivity contribution is -0.141. The van der Waals surface area contributed by atoms with Crippen LogP contribution in [0.4, 0.5) is 5.69 Å². The first-order valence-electron chi connectivity index (χ1n) is 8.56. The molecule has 1 aromatic rings. The molecule has 1 aromatic carbocycles. The zero-order valence-electron chi connectivity index (χ0n) is 15.2. The molecule has 0 spiro atoms. The maximum absolute atomic E-state index is 12.3. The van der Waals surface area contributed by atoms with Gasteiger partial charge in [0.15, 0.2) is 0 Å². The number of esters is 1. The molecule has 2 amide bonds. The van der Waals surface area contributed by atoms with Gasteiger partial charge in [-0.15, -0.1) is 12.4 Å². The van der Waals surface area contributed by atoms with Crippen LogP contribution in [0.3, 0.4) is 0 Å². The van der Waals surface area contributed by atoms with Gasteiger partial charge >= 0.3 is 5.97 Å². The Morgan fingerprint density at radius 1 is 1.22 bits per heavy atom. The van der Waals surface area contributed by atoms with Crippen molar-refractivity contribution < 1.29 is 23.9 Å². The van der Waals surface area contributed by atoms with E-state index in [1.807, 2.05) is 0 Å². The van der Waals surface area contributed by atoms with Gasteiger partial charge in [0, 0.05) is 18.9 Å². The average molecular weight is 400 g/mol. The summed E-state index contributed by atoms with van der Waals surface area (Å²) < 4.78 is 9.74. The molecule has 1 aliphatic heterocycles. The number of benzene rings is 1. The molecule has 1 heterocycles. The summed E-state index contributed by atoms with van der Waals surface area (Å²) in [7, 11) is 1.26. The lowest BCUT2D eigenvalue weighted by Gasteiger charge is -2.26. The molecule has 9 heteroatoms. The van der Waals surface area contributed by atoms with Gasteiger partial charge in [-0.2, -0.15) is 0 Å². The van der Waals surface area contributed by atoms with Gasteiger partial charge in [0.05, 0.1) is 19.6 Å². The Bertz CT molecular complexity index is 632. The molecule has 8 nitrogen and oxygen atoms in total. The normalized spacial score (nSPS) is 15.2. The van der Waals surface area contributed by atoms with E-state index in [4.69, 9.17) is 10.5 Å². The number of nitrogens with one attached hydrogen (secondary N) is 2. The highest BCUT2D eigenvalue weighted by Crippen LogP contribution is 2.19. The number of hydrogen-bond donors (Lipinski definition) is 3. The third-order valence-electron chi connectivity index (χ3n) is 4.32. The lowest BCUT2D eigenvalue weighted by atomic mass is 9.92. The maximum Gasteiger partial charge on any atom is 0.325 e. The number of rotatable bonds is 7. The molecule has 1 atom stereocenters. The highest BCUT2D eigenvalue weighted by molar-refractivity contribution is 5.95. The van der Waals surface area contributed by atoms with E-state index in [0.29, 0.717) is 18.9 Å². The molecular formula is C18H26ClN3O5. The molecule has 150 valence electrons. The molecule has 1 aliphatic rings. The van der Waals surface area contributed by atoms with Gasteiger partial charge in [-0.3, -0.25) is 14.4 Å². The van der Waals surface area contributed by atoms with Gasteiger partial charge < -0.3 is 25.8 Å². The minimum Gasteiger partial charge on any atom is -0.468 e. The number of anilines is 1. The van der Waals surface area contributed by atoms with Crippen LogP contribution in [0.5, 0.6) is 0 Å². The number of methoxy groups -OCH3 is 1. The van der Waals surface area contributed by atoms with Gasteiger partial charge in [-0.05, 0) is 36.5 Å². The second kappa shape index (κ2) is 11.5. The molecule has 1 unspecified atom stereocenters. The minimum atomic E-state index is -0.567. The molecule has 27 heavy (non-hydrogen) atoms. The second-order valence-corrected chi connectivity index (χ2v) is 6.19. The number of ether oxygens (including phenoxy) is 2. The quantitative estimate of drug-likeness (QED) is 0.578. The largest absolute Gasteiger partial charge is 0.468 e. The van der Waals surface area contributed by atoms with E-state index in [0.717, 1.165) is 18.4 Å². The number of halogens is 1. The van der Waals surface area contributed by atoms with E-state index >= 15 is 0 Å². The van der Waals surface area contributed by atoms with Crippen molar-refractivity contribution in [2.45, 2.75) is 25.3 Å². The van der Waals surface area contributed by atoms with Gasteiger partial charge in [-0.25, -0.2) is 0 Å². The van der Waals surface area contributed by atoms with E-state index in [1.54, 1.807) is 24.3 Å². The summed E-state index contributed by atoms with van der Waals surface area (Å²) in [5, 5.41) is 5.27. The monoisotopic (exact) mass is 399 g/mol. The van der Waals surface area contributed by atoms with Crippen LogP contribution in [0, 0.1) is 5.92 Å². The molecule has 0 radical (unpaired) electrons. The van der Waals surface area contributed by atoms with Crippen molar-refractivity contribution in [3.63, 3.8) is 0 Å². The van der Waals surface area contributed by atoms with Gasteiger partial charge in [0.1, 0.15) is 6.54 Å². The maximum atomic E-state index is 12.3. The second-order valence-electron chi connectivity index (χ2n) is 6.19. The van der Waals surface area contributed by atoms with Crippen molar-refractivity contribution in [3.8, 4) is 0 Å². The van der Waals surface area contributed by atoms with Crippen LogP contribution in [0.1, 0.15) is 18.4 Å². The number of hydrogen-bond acceptors (Lipinski definition) is 6. The Morgan fingerprint density at radius 3 is 2.44 bits per heavy atom. The van der Waals surface area contributed by atoms with Crippen LogP contribution in [0.2, 0.25) is 0 Å². The first-order valence-corrected chi connectivity index (χ1v) is 8.56. The molecular weight excluding hydrogens is 374 g/mol. The van der Waals surface area contributed by atoms with Crippen LogP contribution >= 0.6 is 12.4 Å². The van der Waals surface area contributed by atoms with E-state index in [1.165, 1.54) is 7.11 Å². The van der Waals surface area contributed by atoms with Crippen molar-refractivity contribution in [1.82, 2.24) is 5.32 Å². The molecule has 4 N–H and O–H groups in total. The highest BCUT2D eigenvalue weighted by atomic mass is 35.5. The molecule has 1 saturated heterocycles. The molecule has 0 bridgehead atoms. The molecule has 2 rings (SSSR count). The third-order valence-corrected chi connectivity index (χ3v) is 4.32. The lowest BCUT2D eigenvalue weighted by Crippen LogP contribution is -2.44. The zero-order valence-corrected chi connectivity index (χ0v) is 16.1. The first kappa shape index (κ1) is 22.9. The van der Waals surface area contributed by atoms with Crippen LogP contribution in [-0.2, 0) is 30.3 Å². The molecule has 0 aliphatic carbocycles. The van der Waals surface area contributed by atoms with Crippen LogP contribution in [-0.4, -0.2) is 50.7 Å². The Balaban J connectivity index is 0.00000364. The fourth-order valence-electron chi connectivity index (χ4n) is 2.71. The summed E-state index contributed by atoms with van der Waals surface area (Å²) in [6.45, 7) is 1.12. The zero-order chi connectivity index (χ0) is 18.9. The fraction of sp³-hybridized carbons (Fsp3) is 0.500. The summed E-state index contributed by atoms with van der Waals surface area (Å²) in [4.78, 5) is 35.0. The molecule has 0 saturated carbocycles. The molecule has 1 fully saturated rings. The number of nitrogens with two attached hydrogens (primary N) is 1.